The Morgan fingerprint density at radius 1 is 1.17 bits per heavy atom. The van der Waals surface area contributed by atoms with Crippen LogP contribution in [0.15, 0.2) is 47.5 Å². The lowest BCUT2D eigenvalue weighted by molar-refractivity contribution is 0.113. The maximum Gasteiger partial charge on any atom is 0.244 e. The summed E-state index contributed by atoms with van der Waals surface area (Å²) in [6.45, 7) is 0.404. The number of aromatic amines is 1. The topological polar surface area (TPSA) is 86.3 Å². The molecule has 0 unspecified atom stereocenters. The molecule has 0 atom stereocenters. The molecule has 2 aromatic carbocycles. The molecule has 0 saturated carbocycles. The van der Waals surface area contributed by atoms with Gasteiger partial charge in [0.2, 0.25) is 10.0 Å². The van der Waals surface area contributed by atoms with E-state index in [9.17, 15) is 22.3 Å². The van der Waals surface area contributed by atoms with Gasteiger partial charge in [-0.2, -0.15) is 4.31 Å². The number of H-pyrrole nitrogens is 1. The fourth-order valence-electron chi connectivity index (χ4n) is 3.38. The first-order valence-corrected chi connectivity index (χ1v) is 11.1. The van der Waals surface area contributed by atoms with E-state index in [0.29, 0.717) is 18.4 Å². The highest BCUT2D eigenvalue weighted by molar-refractivity contribution is 7.89. The Labute approximate surface area is 177 Å². The lowest BCUT2D eigenvalue weighted by Crippen LogP contribution is -2.40. The lowest BCUT2D eigenvalue weighted by atomic mass is 10.1. The molecule has 30 heavy (non-hydrogen) atoms. The number of halogens is 3. The van der Waals surface area contributed by atoms with Crippen LogP contribution in [0.3, 0.4) is 0 Å². The minimum absolute atomic E-state index is 0.00816. The van der Waals surface area contributed by atoms with E-state index in [1.807, 2.05) is 0 Å². The van der Waals surface area contributed by atoms with E-state index >= 15 is 0 Å². The highest BCUT2D eigenvalue weighted by Gasteiger charge is 2.30. The molecule has 0 aliphatic carbocycles. The third kappa shape index (κ3) is 3.85. The van der Waals surface area contributed by atoms with Crippen LogP contribution >= 0.6 is 11.6 Å². The second-order valence-electron chi connectivity index (χ2n) is 7.02. The van der Waals surface area contributed by atoms with Crippen molar-refractivity contribution in [1.82, 2.24) is 14.3 Å². The molecule has 0 bridgehead atoms. The normalized spacial score (nSPS) is 16.1. The van der Waals surface area contributed by atoms with Crippen molar-refractivity contribution in [3.8, 4) is 22.6 Å². The number of aliphatic hydroxyl groups is 1. The number of rotatable bonds is 4. The molecule has 1 saturated heterocycles. The maximum absolute atomic E-state index is 14.1. The molecular weight excluding hydrogens is 436 g/mol. The van der Waals surface area contributed by atoms with Crippen molar-refractivity contribution >= 4 is 21.6 Å². The fourth-order valence-corrected chi connectivity index (χ4v) is 5.35. The van der Waals surface area contributed by atoms with E-state index in [-0.39, 0.29) is 40.1 Å². The summed E-state index contributed by atoms with van der Waals surface area (Å²) in [6.07, 6.45) is 1.62. The summed E-state index contributed by atoms with van der Waals surface area (Å²) in [6, 6.07) is 8.24. The summed E-state index contributed by atoms with van der Waals surface area (Å²) >= 11 is 6.18. The van der Waals surface area contributed by atoms with Gasteiger partial charge in [0.25, 0.3) is 0 Å². The SMILES string of the molecule is O=S(=O)(c1cc(-c2nc(-c3cccc(F)c3F)c[nH]2)ccc1Cl)N1CCC(O)CC1. The lowest BCUT2D eigenvalue weighted by Gasteiger charge is -2.29. The molecule has 1 aromatic heterocycles. The molecule has 0 amide bonds. The molecule has 0 spiro atoms. The van der Waals surface area contributed by atoms with Crippen LogP contribution in [0.5, 0.6) is 0 Å². The molecule has 0 radical (unpaired) electrons. The van der Waals surface area contributed by atoms with Crippen molar-refractivity contribution < 1.29 is 22.3 Å². The first-order chi connectivity index (χ1) is 14.3. The number of aliphatic hydroxyl groups excluding tert-OH is 1. The highest BCUT2D eigenvalue weighted by atomic mass is 35.5. The number of sulfonamides is 1. The van der Waals surface area contributed by atoms with E-state index in [1.54, 1.807) is 6.07 Å². The minimum Gasteiger partial charge on any atom is -0.393 e. The molecule has 1 aliphatic rings. The highest BCUT2D eigenvalue weighted by Crippen LogP contribution is 2.32. The third-order valence-electron chi connectivity index (χ3n) is 5.05. The van der Waals surface area contributed by atoms with Gasteiger partial charge in [0.15, 0.2) is 11.6 Å². The quantitative estimate of drug-likeness (QED) is 0.628. The van der Waals surface area contributed by atoms with E-state index in [2.05, 4.69) is 9.97 Å². The number of aromatic nitrogens is 2. The summed E-state index contributed by atoms with van der Waals surface area (Å²) < 4.78 is 54.9. The minimum atomic E-state index is -3.87. The first-order valence-electron chi connectivity index (χ1n) is 9.25. The van der Waals surface area contributed by atoms with Gasteiger partial charge in [-0.05, 0) is 43.2 Å². The van der Waals surface area contributed by atoms with Crippen molar-refractivity contribution in [2.45, 2.75) is 23.8 Å². The second kappa shape index (κ2) is 8.07. The molecular formula is C20H18ClF2N3O3S. The van der Waals surface area contributed by atoms with Gasteiger partial charge >= 0.3 is 0 Å². The summed E-state index contributed by atoms with van der Waals surface area (Å²) in [5.41, 5.74) is 0.607. The Balaban J connectivity index is 1.69. The smallest absolute Gasteiger partial charge is 0.244 e. The Hall–Kier alpha value is -2.33. The maximum atomic E-state index is 14.1. The van der Waals surface area contributed by atoms with Gasteiger partial charge in [-0.3, -0.25) is 0 Å². The summed E-state index contributed by atoms with van der Waals surface area (Å²) in [7, 11) is -3.87. The van der Waals surface area contributed by atoms with Gasteiger partial charge in [0.05, 0.1) is 16.8 Å². The zero-order valence-electron chi connectivity index (χ0n) is 15.6. The van der Waals surface area contributed by atoms with E-state index in [0.717, 1.165) is 6.07 Å². The van der Waals surface area contributed by atoms with Gasteiger partial charge in [-0.1, -0.05) is 17.7 Å². The van der Waals surface area contributed by atoms with Gasteiger partial charge < -0.3 is 10.1 Å². The molecule has 10 heteroatoms. The standard InChI is InChI=1S/C20H18ClF2N3O3S/c21-15-5-4-12(10-18(15)30(28,29)26-8-6-13(27)7-9-26)20-24-11-17(25-20)14-2-1-3-16(22)19(14)23/h1-5,10-11,13,27H,6-9H2,(H,24,25). The van der Waals surface area contributed by atoms with Crippen LogP contribution in [0.4, 0.5) is 8.78 Å². The van der Waals surface area contributed by atoms with E-state index < -0.39 is 27.8 Å². The Bertz CT molecular complexity index is 1190. The van der Waals surface area contributed by atoms with Crippen LogP contribution in [-0.4, -0.2) is 47.0 Å². The third-order valence-corrected chi connectivity index (χ3v) is 7.43. The monoisotopic (exact) mass is 453 g/mol. The van der Waals surface area contributed by atoms with Crippen LogP contribution in [0.25, 0.3) is 22.6 Å². The van der Waals surface area contributed by atoms with E-state index in [4.69, 9.17) is 11.6 Å². The van der Waals surface area contributed by atoms with Crippen LogP contribution in [0, 0.1) is 11.6 Å². The number of nitrogens with zero attached hydrogens (tertiary/aromatic N) is 2. The largest absolute Gasteiger partial charge is 0.393 e. The Morgan fingerprint density at radius 3 is 2.63 bits per heavy atom. The molecule has 2 heterocycles. The summed E-state index contributed by atoms with van der Waals surface area (Å²) in [5.74, 6) is -1.71. The van der Waals surface area contributed by atoms with Crippen LogP contribution in [0.2, 0.25) is 5.02 Å². The molecule has 3 aromatic rings. The van der Waals surface area contributed by atoms with E-state index in [1.165, 1.54) is 34.8 Å². The van der Waals surface area contributed by atoms with Gasteiger partial charge in [-0.15, -0.1) is 0 Å². The molecule has 2 N–H and O–H groups in total. The zero-order chi connectivity index (χ0) is 21.5. The number of nitrogens with one attached hydrogen (secondary N) is 1. The average Bonchev–Trinajstić information content (AvgIpc) is 3.20. The van der Waals surface area contributed by atoms with Crippen molar-refractivity contribution in [3.05, 3.63) is 59.3 Å². The fraction of sp³-hybridized carbons (Fsp3) is 0.250. The van der Waals surface area contributed by atoms with Crippen LogP contribution in [0.1, 0.15) is 12.8 Å². The van der Waals surface area contributed by atoms with Crippen molar-refractivity contribution in [2.24, 2.45) is 0 Å². The molecule has 158 valence electrons. The number of hydrogen-bond acceptors (Lipinski definition) is 4. The molecule has 6 nitrogen and oxygen atoms in total. The van der Waals surface area contributed by atoms with Gasteiger partial charge in [0.1, 0.15) is 10.7 Å². The summed E-state index contributed by atoms with van der Waals surface area (Å²) in [4.78, 5) is 7.07. The number of hydrogen-bond donors (Lipinski definition) is 2. The number of imidazole rings is 1. The van der Waals surface area contributed by atoms with Crippen molar-refractivity contribution in [1.29, 1.82) is 0 Å². The predicted molar refractivity (Wildman–Crippen MR) is 108 cm³/mol. The predicted octanol–water partition coefficient (Wildman–Crippen LogP) is 3.82. The van der Waals surface area contributed by atoms with Crippen molar-refractivity contribution in [2.75, 3.05) is 13.1 Å². The Morgan fingerprint density at radius 2 is 1.90 bits per heavy atom. The second-order valence-corrected chi connectivity index (χ2v) is 9.33. The molecule has 1 aliphatic heterocycles. The molecule has 1 fully saturated rings. The van der Waals surface area contributed by atoms with Crippen molar-refractivity contribution in [3.63, 3.8) is 0 Å². The van der Waals surface area contributed by atoms with Gasteiger partial charge in [0, 0.05) is 30.4 Å². The number of piperidine rings is 1. The zero-order valence-corrected chi connectivity index (χ0v) is 17.2. The Kier molecular flexibility index (Phi) is 5.63. The summed E-state index contributed by atoms with van der Waals surface area (Å²) in [5, 5.41) is 9.70. The van der Waals surface area contributed by atoms with Gasteiger partial charge in [-0.25, -0.2) is 22.2 Å². The average molecular weight is 454 g/mol. The van der Waals surface area contributed by atoms with Crippen LogP contribution < -0.4 is 0 Å². The number of benzene rings is 2. The molecule has 4 rings (SSSR count). The first kappa shape index (κ1) is 20.9. The van der Waals surface area contributed by atoms with Crippen LogP contribution in [-0.2, 0) is 10.0 Å².